The maximum atomic E-state index is 5.56. The van der Waals surface area contributed by atoms with E-state index in [1.807, 2.05) is 18.2 Å². The van der Waals surface area contributed by atoms with Gasteiger partial charge in [-0.15, -0.1) is 0 Å². The molecule has 0 bridgehead atoms. The van der Waals surface area contributed by atoms with Gasteiger partial charge >= 0.3 is 0 Å². The van der Waals surface area contributed by atoms with Crippen molar-refractivity contribution in [3.05, 3.63) is 42.0 Å². The Balaban J connectivity index is 2.63. The van der Waals surface area contributed by atoms with Gasteiger partial charge in [-0.1, -0.05) is 6.58 Å². The fraction of sp³-hybridized carbons (Fsp3) is 0.300. The third kappa shape index (κ3) is 3.35. The summed E-state index contributed by atoms with van der Waals surface area (Å²) in [5, 5.41) is 0. The molecule has 0 unspecified atom stereocenters. The van der Waals surface area contributed by atoms with Gasteiger partial charge in [-0.05, 0) is 35.4 Å². The van der Waals surface area contributed by atoms with Crippen molar-refractivity contribution in [2.45, 2.75) is 0 Å². The van der Waals surface area contributed by atoms with Gasteiger partial charge in [-0.25, -0.2) is 0 Å². The largest absolute Gasteiger partial charge is 0.493 e. The molecular weight excluding hydrogens is 336 g/mol. The number of hydrogen-bond donors (Lipinski definition) is 0. The van der Waals surface area contributed by atoms with Crippen molar-refractivity contribution < 1.29 is 28.4 Å². The van der Waals surface area contributed by atoms with Crippen LogP contribution in [0.5, 0.6) is 34.5 Å². The molecule has 2 aromatic carbocycles. The average molecular weight is 360 g/mol. The highest BCUT2D eigenvalue weighted by atomic mass is 16.5. The molecule has 0 heterocycles. The van der Waals surface area contributed by atoms with Crippen LogP contribution in [0.1, 0.15) is 11.1 Å². The number of rotatable bonds is 8. The molecular formula is C20H24O6. The van der Waals surface area contributed by atoms with Crippen molar-refractivity contribution >= 4 is 5.57 Å². The minimum atomic E-state index is 0.501. The molecule has 2 rings (SSSR count). The Morgan fingerprint density at radius 2 is 1.12 bits per heavy atom. The molecule has 0 aromatic heterocycles. The molecule has 6 heteroatoms. The predicted molar refractivity (Wildman–Crippen MR) is 100 cm³/mol. The zero-order chi connectivity index (χ0) is 19.3. The van der Waals surface area contributed by atoms with Gasteiger partial charge in [0.15, 0.2) is 23.0 Å². The summed E-state index contributed by atoms with van der Waals surface area (Å²) in [4.78, 5) is 0. The summed E-state index contributed by atoms with van der Waals surface area (Å²) in [5.74, 6) is 3.22. The Morgan fingerprint density at radius 1 is 0.615 bits per heavy atom. The summed E-state index contributed by atoms with van der Waals surface area (Å²) >= 11 is 0. The Hall–Kier alpha value is -3.02. The van der Waals surface area contributed by atoms with Crippen LogP contribution in [0.15, 0.2) is 30.8 Å². The molecule has 0 radical (unpaired) electrons. The number of hydrogen-bond acceptors (Lipinski definition) is 6. The lowest BCUT2D eigenvalue weighted by molar-refractivity contribution is 0.323. The summed E-state index contributed by atoms with van der Waals surface area (Å²) in [5.41, 5.74) is 2.27. The molecule has 0 N–H and O–H groups in total. The summed E-state index contributed by atoms with van der Waals surface area (Å²) < 4.78 is 32.6. The van der Waals surface area contributed by atoms with Gasteiger partial charge in [-0.3, -0.25) is 0 Å². The van der Waals surface area contributed by atoms with Crippen molar-refractivity contribution in [1.82, 2.24) is 0 Å². The maximum absolute atomic E-state index is 5.56. The number of benzene rings is 2. The van der Waals surface area contributed by atoms with Crippen LogP contribution in [0, 0.1) is 0 Å². The quantitative estimate of drug-likeness (QED) is 0.714. The van der Waals surface area contributed by atoms with Crippen molar-refractivity contribution in [3.63, 3.8) is 0 Å². The van der Waals surface area contributed by atoms with Gasteiger partial charge in [0.25, 0.3) is 0 Å². The third-order valence-electron chi connectivity index (χ3n) is 4.04. The van der Waals surface area contributed by atoms with Gasteiger partial charge in [0.2, 0.25) is 11.5 Å². The van der Waals surface area contributed by atoms with Crippen LogP contribution >= 0.6 is 0 Å². The Morgan fingerprint density at radius 3 is 1.54 bits per heavy atom. The second-order valence-corrected chi connectivity index (χ2v) is 5.27. The van der Waals surface area contributed by atoms with Crippen LogP contribution in [0.2, 0.25) is 0 Å². The van der Waals surface area contributed by atoms with Crippen LogP contribution in [0.4, 0.5) is 0 Å². The van der Waals surface area contributed by atoms with E-state index in [1.165, 1.54) is 0 Å². The minimum absolute atomic E-state index is 0.501. The predicted octanol–water partition coefficient (Wildman–Crippen LogP) is 3.80. The molecule has 0 atom stereocenters. The van der Waals surface area contributed by atoms with E-state index in [-0.39, 0.29) is 0 Å². The van der Waals surface area contributed by atoms with E-state index in [1.54, 1.807) is 48.7 Å². The molecule has 0 saturated carbocycles. The second-order valence-electron chi connectivity index (χ2n) is 5.27. The Labute approximate surface area is 153 Å². The van der Waals surface area contributed by atoms with E-state index in [2.05, 4.69) is 6.58 Å². The third-order valence-corrected chi connectivity index (χ3v) is 4.04. The second kappa shape index (κ2) is 8.38. The van der Waals surface area contributed by atoms with E-state index in [4.69, 9.17) is 28.4 Å². The zero-order valence-electron chi connectivity index (χ0n) is 16.0. The molecule has 6 nitrogen and oxygen atoms in total. The fourth-order valence-electron chi connectivity index (χ4n) is 2.75. The minimum Gasteiger partial charge on any atom is -0.493 e. The highest BCUT2D eigenvalue weighted by Gasteiger charge is 2.21. The molecule has 0 aliphatic heterocycles. The van der Waals surface area contributed by atoms with Crippen molar-refractivity contribution in [3.8, 4) is 34.5 Å². The summed E-state index contributed by atoms with van der Waals surface area (Å²) in [7, 11) is 9.41. The van der Waals surface area contributed by atoms with Gasteiger partial charge in [0.05, 0.1) is 42.7 Å². The summed E-state index contributed by atoms with van der Waals surface area (Å²) in [6, 6.07) is 7.34. The molecule has 140 valence electrons. The van der Waals surface area contributed by atoms with Crippen LogP contribution < -0.4 is 28.4 Å². The summed E-state index contributed by atoms with van der Waals surface area (Å²) in [6.07, 6.45) is 0. The van der Waals surface area contributed by atoms with E-state index in [0.717, 1.165) is 11.1 Å². The average Bonchev–Trinajstić information content (AvgIpc) is 2.70. The topological polar surface area (TPSA) is 55.4 Å². The standard InChI is InChI=1S/C20H24O6/c1-12(13-10-16(22-3)19(25-6)17(11-13)23-4)14-8-9-15(21-2)20(26-7)18(14)24-5/h8-11H,1H2,2-7H3. The first-order valence-corrected chi connectivity index (χ1v) is 7.84. The smallest absolute Gasteiger partial charge is 0.203 e. The number of methoxy groups -OCH3 is 6. The maximum Gasteiger partial charge on any atom is 0.203 e. The molecule has 0 aliphatic rings. The van der Waals surface area contributed by atoms with Crippen LogP contribution in [-0.2, 0) is 0 Å². The first-order chi connectivity index (χ1) is 12.6. The molecule has 0 saturated heterocycles. The molecule has 0 spiro atoms. The first kappa shape index (κ1) is 19.3. The Bertz CT molecular complexity index is 772. The molecule has 2 aromatic rings. The molecule has 0 amide bonds. The molecule has 0 fully saturated rings. The van der Waals surface area contributed by atoms with E-state index in [0.29, 0.717) is 40.1 Å². The molecule has 0 aliphatic carbocycles. The van der Waals surface area contributed by atoms with Crippen LogP contribution in [0.3, 0.4) is 0 Å². The first-order valence-electron chi connectivity index (χ1n) is 7.84. The lowest BCUT2D eigenvalue weighted by Gasteiger charge is -2.19. The lowest BCUT2D eigenvalue weighted by Crippen LogP contribution is -2.00. The van der Waals surface area contributed by atoms with Crippen molar-refractivity contribution in [2.24, 2.45) is 0 Å². The number of ether oxygens (including phenoxy) is 6. The van der Waals surface area contributed by atoms with E-state index < -0.39 is 0 Å². The fourth-order valence-corrected chi connectivity index (χ4v) is 2.75. The highest BCUT2D eigenvalue weighted by Crippen LogP contribution is 2.46. The van der Waals surface area contributed by atoms with Gasteiger partial charge < -0.3 is 28.4 Å². The normalized spacial score (nSPS) is 10.1. The van der Waals surface area contributed by atoms with Gasteiger partial charge in [-0.2, -0.15) is 0 Å². The summed E-state index contributed by atoms with van der Waals surface area (Å²) in [6.45, 7) is 4.21. The molecule has 26 heavy (non-hydrogen) atoms. The van der Waals surface area contributed by atoms with Crippen LogP contribution in [0.25, 0.3) is 5.57 Å². The Kier molecular flexibility index (Phi) is 6.22. The monoisotopic (exact) mass is 360 g/mol. The lowest BCUT2D eigenvalue weighted by atomic mass is 9.97. The highest BCUT2D eigenvalue weighted by molar-refractivity contribution is 5.85. The van der Waals surface area contributed by atoms with E-state index in [9.17, 15) is 0 Å². The SMILES string of the molecule is C=C(c1cc(OC)c(OC)c(OC)c1)c1ccc(OC)c(OC)c1OC. The zero-order valence-corrected chi connectivity index (χ0v) is 16.0. The van der Waals surface area contributed by atoms with Crippen LogP contribution in [-0.4, -0.2) is 42.7 Å². The van der Waals surface area contributed by atoms with Gasteiger partial charge in [0, 0.05) is 5.56 Å². The van der Waals surface area contributed by atoms with Crippen molar-refractivity contribution in [1.29, 1.82) is 0 Å². The van der Waals surface area contributed by atoms with E-state index >= 15 is 0 Å². The van der Waals surface area contributed by atoms with Crippen molar-refractivity contribution in [2.75, 3.05) is 42.7 Å². The van der Waals surface area contributed by atoms with Gasteiger partial charge in [0.1, 0.15) is 0 Å².